The maximum Gasteiger partial charge on any atom is 0.116 e. The van der Waals surface area contributed by atoms with E-state index in [4.69, 9.17) is 16.6 Å². The Hall–Kier alpha value is -2.62. The SMILES string of the molecule is Oc1cccc(-c2cc(-c3cccs3)cc(-c3ccccc3Cl)n2)c1. The average molecular weight is 364 g/mol. The first-order valence-corrected chi connectivity index (χ1v) is 9.07. The highest BCUT2D eigenvalue weighted by Gasteiger charge is 2.11. The van der Waals surface area contributed by atoms with Crippen molar-refractivity contribution in [2.24, 2.45) is 0 Å². The van der Waals surface area contributed by atoms with E-state index in [1.165, 1.54) is 0 Å². The molecular weight excluding hydrogens is 350 g/mol. The zero-order chi connectivity index (χ0) is 17.2. The smallest absolute Gasteiger partial charge is 0.116 e. The monoisotopic (exact) mass is 363 g/mol. The van der Waals surface area contributed by atoms with Crippen molar-refractivity contribution in [3.05, 3.63) is 83.2 Å². The van der Waals surface area contributed by atoms with Gasteiger partial charge >= 0.3 is 0 Å². The molecule has 0 atom stereocenters. The molecule has 0 bridgehead atoms. The lowest BCUT2D eigenvalue weighted by molar-refractivity contribution is 0.475. The van der Waals surface area contributed by atoms with Gasteiger partial charge in [0, 0.05) is 21.0 Å². The van der Waals surface area contributed by atoms with Crippen molar-refractivity contribution in [2.45, 2.75) is 0 Å². The number of thiophene rings is 1. The van der Waals surface area contributed by atoms with Crippen LogP contribution in [0, 0.1) is 0 Å². The Bertz CT molecular complexity index is 1030. The lowest BCUT2D eigenvalue weighted by Gasteiger charge is -2.10. The first-order chi connectivity index (χ1) is 12.2. The van der Waals surface area contributed by atoms with Crippen molar-refractivity contribution >= 4 is 22.9 Å². The van der Waals surface area contributed by atoms with Crippen LogP contribution in [0.1, 0.15) is 0 Å². The van der Waals surface area contributed by atoms with E-state index in [0.717, 1.165) is 33.0 Å². The number of hydrogen-bond acceptors (Lipinski definition) is 3. The minimum atomic E-state index is 0.222. The summed E-state index contributed by atoms with van der Waals surface area (Å²) in [5.74, 6) is 0.222. The highest BCUT2D eigenvalue weighted by Crippen LogP contribution is 2.35. The normalized spacial score (nSPS) is 10.8. The molecule has 4 heteroatoms. The molecule has 25 heavy (non-hydrogen) atoms. The first-order valence-electron chi connectivity index (χ1n) is 7.81. The fourth-order valence-electron chi connectivity index (χ4n) is 2.74. The molecule has 2 aromatic heterocycles. The molecule has 0 unspecified atom stereocenters. The number of nitrogens with zero attached hydrogens (tertiary/aromatic N) is 1. The quantitative estimate of drug-likeness (QED) is 0.450. The van der Waals surface area contributed by atoms with E-state index in [1.54, 1.807) is 23.5 Å². The summed E-state index contributed by atoms with van der Waals surface area (Å²) in [7, 11) is 0. The Morgan fingerprint density at radius 1 is 0.800 bits per heavy atom. The topological polar surface area (TPSA) is 33.1 Å². The summed E-state index contributed by atoms with van der Waals surface area (Å²) in [4.78, 5) is 5.96. The van der Waals surface area contributed by atoms with E-state index in [2.05, 4.69) is 17.5 Å². The van der Waals surface area contributed by atoms with E-state index in [-0.39, 0.29) is 5.75 Å². The van der Waals surface area contributed by atoms with Crippen LogP contribution in [-0.4, -0.2) is 10.1 Å². The number of aromatic nitrogens is 1. The van der Waals surface area contributed by atoms with Gasteiger partial charge in [0.25, 0.3) is 0 Å². The van der Waals surface area contributed by atoms with Gasteiger partial charge in [0.15, 0.2) is 0 Å². The van der Waals surface area contributed by atoms with Gasteiger partial charge in [-0.15, -0.1) is 11.3 Å². The van der Waals surface area contributed by atoms with Gasteiger partial charge in [-0.05, 0) is 47.3 Å². The first kappa shape index (κ1) is 15.9. The third-order valence-electron chi connectivity index (χ3n) is 3.92. The molecule has 0 aliphatic carbocycles. The zero-order valence-corrected chi connectivity index (χ0v) is 14.8. The van der Waals surface area contributed by atoms with Gasteiger partial charge in [0.1, 0.15) is 5.75 Å². The van der Waals surface area contributed by atoms with Crippen molar-refractivity contribution in [3.8, 4) is 38.7 Å². The van der Waals surface area contributed by atoms with Crippen LogP contribution in [-0.2, 0) is 0 Å². The lowest BCUT2D eigenvalue weighted by Crippen LogP contribution is -1.91. The molecule has 0 saturated heterocycles. The number of aromatic hydroxyl groups is 1. The van der Waals surface area contributed by atoms with Crippen molar-refractivity contribution in [2.75, 3.05) is 0 Å². The highest BCUT2D eigenvalue weighted by molar-refractivity contribution is 7.13. The van der Waals surface area contributed by atoms with Gasteiger partial charge in [-0.3, -0.25) is 0 Å². The lowest BCUT2D eigenvalue weighted by atomic mass is 10.0. The van der Waals surface area contributed by atoms with Gasteiger partial charge in [-0.25, -0.2) is 4.98 Å². The molecular formula is C21H14ClNOS. The zero-order valence-electron chi connectivity index (χ0n) is 13.2. The number of rotatable bonds is 3. The molecule has 122 valence electrons. The molecule has 0 fully saturated rings. The van der Waals surface area contributed by atoms with Gasteiger partial charge in [0.05, 0.1) is 11.4 Å². The number of benzene rings is 2. The summed E-state index contributed by atoms with van der Waals surface area (Å²) < 4.78 is 0. The van der Waals surface area contributed by atoms with E-state index < -0.39 is 0 Å². The maximum absolute atomic E-state index is 9.81. The Labute approximate surface area is 155 Å². The van der Waals surface area contributed by atoms with Crippen LogP contribution in [0.5, 0.6) is 5.75 Å². The third-order valence-corrected chi connectivity index (χ3v) is 5.17. The van der Waals surface area contributed by atoms with Crippen molar-refractivity contribution < 1.29 is 5.11 Å². The summed E-state index contributed by atoms with van der Waals surface area (Å²) >= 11 is 8.06. The van der Waals surface area contributed by atoms with Crippen LogP contribution in [0.4, 0.5) is 0 Å². The molecule has 2 heterocycles. The molecule has 2 nitrogen and oxygen atoms in total. The van der Waals surface area contributed by atoms with Gasteiger partial charge in [-0.1, -0.05) is 48.0 Å². The Morgan fingerprint density at radius 3 is 2.40 bits per heavy atom. The minimum absolute atomic E-state index is 0.222. The van der Waals surface area contributed by atoms with Gasteiger partial charge in [0.2, 0.25) is 0 Å². The third kappa shape index (κ3) is 3.29. The average Bonchev–Trinajstić information content (AvgIpc) is 3.16. The van der Waals surface area contributed by atoms with Crippen LogP contribution < -0.4 is 0 Å². The van der Waals surface area contributed by atoms with Crippen LogP contribution in [0.2, 0.25) is 5.02 Å². The van der Waals surface area contributed by atoms with Crippen molar-refractivity contribution in [3.63, 3.8) is 0 Å². The van der Waals surface area contributed by atoms with Gasteiger partial charge in [-0.2, -0.15) is 0 Å². The maximum atomic E-state index is 9.81. The predicted octanol–water partition coefficient (Wildman–Crippen LogP) is 6.50. The molecule has 1 N–H and O–H groups in total. The van der Waals surface area contributed by atoms with E-state index in [1.807, 2.05) is 48.5 Å². The number of halogens is 1. The molecule has 4 rings (SSSR count). The Morgan fingerprint density at radius 2 is 1.64 bits per heavy atom. The molecule has 0 aliphatic rings. The second kappa shape index (κ2) is 6.71. The van der Waals surface area contributed by atoms with Crippen LogP contribution in [0.3, 0.4) is 0 Å². The summed E-state index contributed by atoms with van der Waals surface area (Å²) in [6.07, 6.45) is 0. The van der Waals surface area contributed by atoms with Crippen molar-refractivity contribution in [1.82, 2.24) is 4.98 Å². The summed E-state index contributed by atoms with van der Waals surface area (Å²) in [6.45, 7) is 0. The number of hydrogen-bond donors (Lipinski definition) is 1. The Balaban J connectivity index is 1.94. The van der Waals surface area contributed by atoms with Crippen LogP contribution >= 0.6 is 22.9 Å². The van der Waals surface area contributed by atoms with Gasteiger partial charge < -0.3 is 5.11 Å². The molecule has 0 radical (unpaired) electrons. The molecule has 0 saturated carbocycles. The molecule has 4 aromatic rings. The number of phenols is 1. The molecule has 0 spiro atoms. The minimum Gasteiger partial charge on any atom is -0.508 e. The highest BCUT2D eigenvalue weighted by atomic mass is 35.5. The summed E-state index contributed by atoms with van der Waals surface area (Å²) in [6, 6.07) is 23.0. The molecule has 2 aromatic carbocycles. The second-order valence-electron chi connectivity index (χ2n) is 5.63. The van der Waals surface area contributed by atoms with Crippen LogP contribution in [0.15, 0.2) is 78.2 Å². The second-order valence-corrected chi connectivity index (χ2v) is 6.99. The predicted molar refractivity (Wildman–Crippen MR) is 105 cm³/mol. The molecule has 0 amide bonds. The molecule has 0 aliphatic heterocycles. The summed E-state index contributed by atoms with van der Waals surface area (Å²) in [5, 5.41) is 12.5. The van der Waals surface area contributed by atoms with E-state index in [0.29, 0.717) is 5.02 Å². The largest absolute Gasteiger partial charge is 0.508 e. The standard InChI is InChI=1S/C21H14ClNOS/c22-18-8-2-1-7-17(18)20-13-15(21-9-4-10-25-21)12-19(23-20)14-5-3-6-16(24)11-14/h1-13,24H. The van der Waals surface area contributed by atoms with Crippen molar-refractivity contribution in [1.29, 1.82) is 0 Å². The number of phenolic OH excluding ortho intramolecular Hbond substituents is 1. The van der Waals surface area contributed by atoms with E-state index >= 15 is 0 Å². The fraction of sp³-hybridized carbons (Fsp3) is 0. The summed E-state index contributed by atoms with van der Waals surface area (Å²) in [5.41, 5.74) is 4.46. The van der Waals surface area contributed by atoms with Crippen LogP contribution in [0.25, 0.3) is 33.0 Å². The Kier molecular flexibility index (Phi) is 4.26. The number of pyridine rings is 1. The fourth-order valence-corrected chi connectivity index (χ4v) is 3.68. The van der Waals surface area contributed by atoms with E-state index in [9.17, 15) is 5.11 Å².